The van der Waals surface area contributed by atoms with Gasteiger partial charge in [0, 0.05) is 11.0 Å². The largest absolute Gasteiger partial charge is 0.370 e. The molecule has 0 aromatic heterocycles. The third kappa shape index (κ3) is 3.10. The molecule has 0 amide bonds. The summed E-state index contributed by atoms with van der Waals surface area (Å²) in [5.41, 5.74) is 1.68. The lowest BCUT2D eigenvalue weighted by atomic mass is 10.1. The van der Waals surface area contributed by atoms with Crippen LogP contribution in [0.5, 0.6) is 0 Å². The smallest absolute Gasteiger partial charge is 0.116 e. The fourth-order valence-corrected chi connectivity index (χ4v) is 1.58. The number of rotatable bonds is 3. The van der Waals surface area contributed by atoms with E-state index in [1.165, 1.54) is 0 Å². The monoisotopic (exact) mass is 258 g/mol. The molecule has 0 aliphatic rings. The quantitative estimate of drug-likeness (QED) is 0.635. The van der Waals surface area contributed by atoms with Gasteiger partial charge in [-0.15, -0.1) is 0 Å². The molecule has 2 nitrogen and oxygen atoms in total. The maximum Gasteiger partial charge on any atom is 0.116 e. The van der Waals surface area contributed by atoms with Crippen LogP contribution in [0.2, 0.25) is 0 Å². The zero-order valence-electron chi connectivity index (χ0n) is 7.90. The van der Waals surface area contributed by atoms with E-state index in [0.717, 1.165) is 10.0 Å². The first-order chi connectivity index (χ1) is 6.63. The average molecular weight is 259 g/mol. The maximum absolute atomic E-state index is 12.4. The van der Waals surface area contributed by atoms with Gasteiger partial charge in [0.15, 0.2) is 0 Å². The van der Waals surface area contributed by atoms with Crippen molar-refractivity contribution in [2.24, 2.45) is 0 Å². The highest BCUT2D eigenvalue weighted by Crippen LogP contribution is 2.19. The Bertz CT molecular complexity index is 339. The second kappa shape index (κ2) is 5.10. The Morgan fingerprint density at radius 3 is 2.79 bits per heavy atom. The molecule has 76 valence electrons. The van der Waals surface area contributed by atoms with Crippen LogP contribution in [0.4, 0.5) is 4.39 Å². The van der Waals surface area contributed by atoms with Gasteiger partial charge in [-0.05, 0) is 24.1 Å². The summed E-state index contributed by atoms with van der Waals surface area (Å²) >= 11 is 3.29. The summed E-state index contributed by atoms with van der Waals surface area (Å²) in [6, 6.07) is 5.47. The van der Waals surface area contributed by atoms with Crippen molar-refractivity contribution < 1.29 is 4.39 Å². The molecule has 0 atom stereocenters. The number of hydrogen-bond donors (Lipinski definition) is 2. The highest BCUT2D eigenvalue weighted by Gasteiger charge is 2.00. The van der Waals surface area contributed by atoms with Crippen molar-refractivity contribution in [1.82, 2.24) is 5.32 Å². The minimum absolute atomic E-state index is 0.427. The van der Waals surface area contributed by atoms with E-state index in [2.05, 4.69) is 21.2 Å². The molecular weight excluding hydrogens is 247 g/mol. The molecule has 0 unspecified atom stereocenters. The predicted molar refractivity (Wildman–Crippen MR) is 59.2 cm³/mol. The lowest BCUT2D eigenvalue weighted by molar-refractivity contribution is 0.484. The molecule has 0 saturated carbocycles. The van der Waals surface area contributed by atoms with E-state index < -0.39 is 6.67 Å². The number of hydrogen-bond acceptors (Lipinski definition) is 1. The normalized spacial score (nSPS) is 9.93. The van der Waals surface area contributed by atoms with Gasteiger partial charge in [-0.3, -0.25) is 5.41 Å². The van der Waals surface area contributed by atoms with Gasteiger partial charge >= 0.3 is 0 Å². The molecular formula is C10H12BrFN2. The molecule has 0 fully saturated rings. The van der Waals surface area contributed by atoms with E-state index in [1.807, 2.05) is 12.1 Å². The third-order valence-electron chi connectivity index (χ3n) is 1.82. The second-order valence-corrected chi connectivity index (χ2v) is 3.89. The Morgan fingerprint density at radius 1 is 1.57 bits per heavy atom. The number of halogens is 2. The number of nitrogens with one attached hydrogen (secondary N) is 2. The van der Waals surface area contributed by atoms with Gasteiger partial charge in [0.05, 0.1) is 5.84 Å². The molecule has 14 heavy (non-hydrogen) atoms. The van der Waals surface area contributed by atoms with E-state index >= 15 is 0 Å². The molecule has 2 N–H and O–H groups in total. The summed E-state index contributed by atoms with van der Waals surface area (Å²) < 4.78 is 13.1. The van der Waals surface area contributed by atoms with Crippen molar-refractivity contribution in [1.29, 1.82) is 5.41 Å². The van der Waals surface area contributed by atoms with Crippen LogP contribution < -0.4 is 5.32 Å². The zero-order chi connectivity index (χ0) is 10.6. The lowest BCUT2D eigenvalue weighted by Crippen LogP contribution is -2.18. The topological polar surface area (TPSA) is 35.9 Å². The van der Waals surface area contributed by atoms with Crippen molar-refractivity contribution in [2.45, 2.75) is 20.1 Å². The third-order valence-corrected chi connectivity index (χ3v) is 2.56. The minimum Gasteiger partial charge on any atom is -0.370 e. The standard InChI is InChI=1S/C10H12BrFN2/c1-7(13)14-6-8-2-3-9(5-12)10(11)4-8/h2-4H,5-6H2,1H3,(H2,13,14). The van der Waals surface area contributed by atoms with Crippen molar-refractivity contribution in [3.05, 3.63) is 33.8 Å². The summed E-state index contributed by atoms with van der Waals surface area (Å²) in [6.07, 6.45) is 0. The Balaban J connectivity index is 2.71. The Kier molecular flexibility index (Phi) is 4.07. The Hall–Kier alpha value is -0.900. The first-order valence-electron chi connectivity index (χ1n) is 4.25. The minimum atomic E-state index is -0.460. The van der Waals surface area contributed by atoms with Crippen LogP contribution in [-0.4, -0.2) is 5.84 Å². The molecule has 0 aliphatic carbocycles. The highest BCUT2D eigenvalue weighted by molar-refractivity contribution is 9.10. The molecule has 1 aromatic rings. The van der Waals surface area contributed by atoms with E-state index in [9.17, 15) is 4.39 Å². The summed E-state index contributed by atoms with van der Waals surface area (Å²) in [6.45, 7) is 1.82. The Labute approximate surface area is 91.2 Å². The summed E-state index contributed by atoms with van der Waals surface area (Å²) in [5.74, 6) is 0.427. The van der Waals surface area contributed by atoms with Gasteiger partial charge in [-0.25, -0.2) is 4.39 Å². The van der Waals surface area contributed by atoms with Crippen LogP contribution in [0.3, 0.4) is 0 Å². The number of benzene rings is 1. The van der Waals surface area contributed by atoms with E-state index in [-0.39, 0.29) is 0 Å². The zero-order valence-corrected chi connectivity index (χ0v) is 9.49. The maximum atomic E-state index is 12.4. The van der Waals surface area contributed by atoms with Gasteiger partial charge < -0.3 is 5.32 Å². The SMILES string of the molecule is CC(=N)NCc1ccc(CF)c(Br)c1. The molecule has 4 heteroatoms. The lowest BCUT2D eigenvalue weighted by Gasteiger charge is -2.06. The number of amidine groups is 1. The molecule has 0 bridgehead atoms. The first kappa shape index (κ1) is 11.2. The van der Waals surface area contributed by atoms with Gasteiger partial charge in [0.2, 0.25) is 0 Å². The molecule has 0 spiro atoms. The van der Waals surface area contributed by atoms with Crippen molar-refractivity contribution >= 4 is 21.8 Å². The van der Waals surface area contributed by atoms with Crippen LogP contribution in [0.15, 0.2) is 22.7 Å². The predicted octanol–water partition coefficient (Wildman–Crippen LogP) is 3.01. The molecule has 0 saturated heterocycles. The number of alkyl halides is 1. The fraction of sp³-hybridized carbons (Fsp3) is 0.300. The van der Waals surface area contributed by atoms with Crippen molar-refractivity contribution in [2.75, 3.05) is 0 Å². The molecule has 1 aromatic carbocycles. The van der Waals surface area contributed by atoms with Crippen LogP contribution in [0, 0.1) is 5.41 Å². The van der Waals surface area contributed by atoms with E-state index in [0.29, 0.717) is 17.9 Å². The van der Waals surface area contributed by atoms with Crippen molar-refractivity contribution in [3.8, 4) is 0 Å². The molecule has 0 aliphatic heterocycles. The van der Waals surface area contributed by atoms with E-state index in [1.54, 1.807) is 13.0 Å². The Morgan fingerprint density at radius 2 is 2.29 bits per heavy atom. The van der Waals surface area contributed by atoms with Crippen LogP contribution >= 0.6 is 15.9 Å². The summed E-state index contributed by atoms with van der Waals surface area (Å²) in [4.78, 5) is 0. The van der Waals surface area contributed by atoms with E-state index in [4.69, 9.17) is 5.41 Å². The van der Waals surface area contributed by atoms with Gasteiger partial charge in [0.25, 0.3) is 0 Å². The highest BCUT2D eigenvalue weighted by atomic mass is 79.9. The van der Waals surface area contributed by atoms with Gasteiger partial charge in [0.1, 0.15) is 6.67 Å². The van der Waals surface area contributed by atoms with Crippen LogP contribution in [0.1, 0.15) is 18.1 Å². The average Bonchev–Trinajstić information content (AvgIpc) is 2.15. The summed E-state index contributed by atoms with van der Waals surface area (Å²) in [7, 11) is 0. The van der Waals surface area contributed by atoms with Gasteiger partial charge in [-0.2, -0.15) is 0 Å². The van der Waals surface area contributed by atoms with Crippen molar-refractivity contribution in [3.63, 3.8) is 0 Å². The molecule has 0 heterocycles. The summed E-state index contributed by atoms with van der Waals surface area (Å²) in [5, 5.41) is 10.1. The second-order valence-electron chi connectivity index (χ2n) is 3.04. The van der Waals surface area contributed by atoms with Crippen LogP contribution in [0.25, 0.3) is 0 Å². The van der Waals surface area contributed by atoms with Crippen LogP contribution in [-0.2, 0) is 13.2 Å². The molecule has 0 radical (unpaired) electrons. The first-order valence-corrected chi connectivity index (χ1v) is 5.05. The van der Waals surface area contributed by atoms with Gasteiger partial charge in [-0.1, -0.05) is 28.1 Å². The molecule has 1 rings (SSSR count). The fourth-order valence-electron chi connectivity index (χ4n) is 1.04.